The summed E-state index contributed by atoms with van der Waals surface area (Å²) in [7, 11) is 0. The second-order valence-corrected chi connectivity index (χ2v) is 17.5. The fourth-order valence-electron chi connectivity index (χ4n) is 10.9. The average molecular weight is 806 g/mol. The van der Waals surface area contributed by atoms with Crippen LogP contribution in [0.3, 0.4) is 0 Å². The van der Waals surface area contributed by atoms with Gasteiger partial charge in [0.25, 0.3) is 0 Å². The summed E-state index contributed by atoms with van der Waals surface area (Å²) in [4.78, 5) is 12.2. The molecule has 0 spiro atoms. The van der Waals surface area contributed by atoms with Crippen LogP contribution in [0.25, 0.3) is 136 Å². The lowest BCUT2D eigenvalue weighted by Gasteiger charge is -2.11. The van der Waals surface area contributed by atoms with Gasteiger partial charge in [0.2, 0.25) is 5.95 Å². The first-order valence-corrected chi connectivity index (χ1v) is 21.9. The van der Waals surface area contributed by atoms with E-state index in [9.17, 15) is 0 Å². The molecule has 0 unspecified atom stereocenters. The van der Waals surface area contributed by atoms with Crippen molar-refractivity contribution in [2.24, 2.45) is 0 Å². The molecule has 0 N–H and O–H groups in total. The van der Waals surface area contributed by atoms with Gasteiger partial charge in [-0.2, -0.15) is 0 Å². The van der Waals surface area contributed by atoms with Crippen LogP contribution < -0.4 is 0 Å². The smallest absolute Gasteiger partial charge is 0.236 e. The van der Waals surface area contributed by atoms with Crippen molar-refractivity contribution in [3.05, 3.63) is 188 Å². The zero-order valence-electron chi connectivity index (χ0n) is 33.0. The Hall–Kier alpha value is -8.06. The Morgan fingerprint density at radius 1 is 0.371 bits per heavy atom. The molecule has 0 amide bonds. The number of thiophene rings is 1. The maximum absolute atomic E-state index is 5.72. The number of benzene rings is 9. The first kappa shape index (κ1) is 32.8. The highest BCUT2D eigenvalue weighted by molar-refractivity contribution is 7.25. The Balaban J connectivity index is 1.08. The third kappa shape index (κ3) is 4.12. The average Bonchev–Trinajstić information content (AvgIpc) is 4.13. The highest BCUT2D eigenvalue weighted by atomic mass is 32.1. The SMILES string of the molecule is c1ccc(-n2c3ccccc3c3cc(-c4nc(-n5c6ccccc6c6c7c8ccc9ccccc9c8n8c9ccccc9c(cc65)c78)nc5sc6ccccc6c45)ccc32)cc1. The van der Waals surface area contributed by atoms with E-state index < -0.39 is 0 Å². The number of hydrogen-bond donors (Lipinski definition) is 0. The topological polar surface area (TPSA) is 40.0 Å². The van der Waals surface area contributed by atoms with Crippen molar-refractivity contribution in [1.29, 1.82) is 0 Å². The van der Waals surface area contributed by atoms with Gasteiger partial charge in [0.1, 0.15) is 4.83 Å². The Morgan fingerprint density at radius 2 is 1.03 bits per heavy atom. The van der Waals surface area contributed by atoms with Crippen LogP contribution in [-0.2, 0) is 0 Å². The number of hydrogen-bond acceptors (Lipinski definition) is 3. The van der Waals surface area contributed by atoms with E-state index in [4.69, 9.17) is 9.97 Å². The van der Waals surface area contributed by atoms with Gasteiger partial charge in [0, 0.05) is 75.2 Å². The van der Waals surface area contributed by atoms with Crippen LogP contribution in [0.2, 0.25) is 0 Å². The molecule has 15 rings (SSSR count). The molecule has 6 aromatic heterocycles. The van der Waals surface area contributed by atoms with Gasteiger partial charge in [-0.3, -0.25) is 4.57 Å². The van der Waals surface area contributed by atoms with Crippen LogP contribution in [0.4, 0.5) is 0 Å². The maximum atomic E-state index is 5.72. The molecular formula is C56H31N5S. The van der Waals surface area contributed by atoms with E-state index >= 15 is 0 Å². The van der Waals surface area contributed by atoms with Crippen molar-refractivity contribution in [2.45, 2.75) is 0 Å². The van der Waals surface area contributed by atoms with E-state index in [1.165, 1.54) is 91.5 Å². The van der Waals surface area contributed by atoms with Gasteiger partial charge in [-0.05, 0) is 60.0 Å². The Kier molecular flexibility index (Phi) is 6.24. The second-order valence-electron chi connectivity index (χ2n) is 16.5. The first-order valence-electron chi connectivity index (χ1n) is 21.1. The van der Waals surface area contributed by atoms with Crippen LogP contribution in [0.15, 0.2) is 188 Å². The van der Waals surface area contributed by atoms with Crippen molar-refractivity contribution >= 4 is 124 Å². The molecule has 0 radical (unpaired) electrons. The standard InChI is InChI=1S/C56H31N5S/c1-2-15-34(16-3-1)59-43-22-10-6-18-36(43)41-30-33(27-29-46(41)59)52-51-39-21-9-13-25-48(39)62-55(51)58-56(57-52)60-45-24-12-8-20-38(45)49-47(60)31-42-37-19-7-11-23-44(37)61-53-35-17-5-4-14-32(35)26-28-40(53)50(49)54(42)61/h1-31H. The van der Waals surface area contributed by atoms with Crippen LogP contribution >= 0.6 is 11.3 Å². The van der Waals surface area contributed by atoms with E-state index in [0.29, 0.717) is 5.95 Å². The second kappa shape index (κ2) is 11.8. The molecule has 62 heavy (non-hydrogen) atoms. The third-order valence-electron chi connectivity index (χ3n) is 13.4. The minimum absolute atomic E-state index is 0.670. The minimum atomic E-state index is 0.670. The summed E-state index contributed by atoms with van der Waals surface area (Å²) in [5.74, 6) is 0.670. The molecule has 0 bridgehead atoms. The van der Waals surface area contributed by atoms with Crippen LogP contribution in [0.5, 0.6) is 0 Å². The van der Waals surface area contributed by atoms with Crippen molar-refractivity contribution < 1.29 is 0 Å². The normalized spacial score (nSPS) is 12.5. The van der Waals surface area contributed by atoms with E-state index in [0.717, 1.165) is 38.2 Å². The van der Waals surface area contributed by atoms with Gasteiger partial charge in [-0.1, -0.05) is 133 Å². The van der Waals surface area contributed by atoms with Crippen molar-refractivity contribution in [3.8, 4) is 22.9 Å². The Labute approximate surface area is 356 Å². The highest BCUT2D eigenvalue weighted by Crippen LogP contribution is 2.48. The molecule has 15 aromatic rings. The van der Waals surface area contributed by atoms with Gasteiger partial charge < -0.3 is 8.97 Å². The lowest BCUT2D eigenvalue weighted by atomic mass is 10.00. The number of aromatic nitrogens is 5. The van der Waals surface area contributed by atoms with E-state index in [2.05, 4.69) is 202 Å². The van der Waals surface area contributed by atoms with Crippen LogP contribution in [0.1, 0.15) is 0 Å². The number of rotatable bonds is 3. The highest BCUT2D eigenvalue weighted by Gasteiger charge is 2.27. The minimum Gasteiger partial charge on any atom is -0.309 e. The molecule has 0 aliphatic heterocycles. The molecular weight excluding hydrogens is 775 g/mol. The molecule has 0 atom stereocenters. The predicted octanol–water partition coefficient (Wildman–Crippen LogP) is 15.0. The fraction of sp³-hybridized carbons (Fsp3) is 0. The molecule has 286 valence electrons. The largest absolute Gasteiger partial charge is 0.309 e. The molecule has 0 aliphatic rings. The monoisotopic (exact) mass is 805 g/mol. The summed E-state index contributed by atoms with van der Waals surface area (Å²) in [5, 5.41) is 14.6. The number of nitrogens with zero attached hydrogens (tertiary/aromatic N) is 5. The predicted molar refractivity (Wildman–Crippen MR) is 261 cm³/mol. The molecule has 6 heterocycles. The molecule has 0 fully saturated rings. The molecule has 5 nitrogen and oxygen atoms in total. The van der Waals surface area contributed by atoms with Crippen molar-refractivity contribution in [3.63, 3.8) is 0 Å². The molecule has 9 aromatic carbocycles. The van der Waals surface area contributed by atoms with Crippen molar-refractivity contribution in [2.75, 3.05) is 0 Å². The van der Waals surface area contributed by atoms with Crippen LogP contribution in [-0.4, -0.2) is 23.5 Å². The van der Waals surface area contributed by atoms with Gasteiger partial charge in [0.05, 0.1) is 44.3 Å². The number of fused-ring (bicyclic) bond motifs is 18. The van der Waals surface area contributed by atoms with Crippen LogP contribution in [0, 0.1) is 0 Å². The summed E-state index contributed by atoms with van der Waals surface area (Å²) in [6.45, 7) is 0. The molecule has 6 heteroatoms. The van der Waals surface area contributed by atoms with E-state index in [1.807, 2.05) is 0 Å². The quantitative estimate of drug-likeness (QED) is 0.178. The molecule has 0 saturated heterocycles. The van der Waals surface area contributed by atoms with Crippen molar-refractivity contribution in [1.82, 2.24) is 23.5 Å². The Bertz CT molecular complexity index is 4390. The Morgan fingerprint density at radius 3 is 1.87 bits per heavy atom. The maximum Gasteiger partial charge on any atom is 0.236 e. The van der Waals surface area contributed by atoms with E-state index in [-0.39, 0.29) is 0 Å². The summed E-state index contributed by atoms with van der Waals surface area (Å²) in [6, 6.07) is 68.4. The zero-order chi connectivity index (χ0) is 40.2. The van der Waals surface area contributed by atoms with Gasteiger partial charge in [-0.15, -0.1) is 11.3 Å². The lowest BCUT2D eigenvalue weighted by molar-refractivity contribution is 1.02. The third-order valence-corrected chi connectivity index (χ3v) is 14.4. The summed E-state index contributed by atoms with van der Waals surface area (Å²) < 4.78 is 8.42. The summed E-state index contributed by atoms with van der Waals surface area (Å²) in [6.07, 6.45) is 0. The van der Waals surface area contributed by atoms with Gasteiger partial charge >= 0.3 is 0 Å². The summed E-state index contributed by atoms with van der Waals surface area (Å²) >= 11 is 1.74. The molecule has 0 aliphatic carbocycles. The van der Waals surface area contributed by atoms with Gasteiger partial charge in [0.15, 0.2) is 0 Å². The van der Waals surface area contributed by atoms with Gasteiger partial charge in [-0.25, -0.2) is 9.97 Å². The lowest BCUT2D eigenvalue weighted by Crippen LogP contribution is -2.02. The first-order chi connectivity index (χ1) is 30.8. The fourth-order valence-corrected chi connectivity index (χ4v) is 11.9. The van der Waals surface area contributed by atoms with E-state index in [1.54, 1.807) is 11.3 Å². The summed E-state index contributed by atoms with van der Waals surface area (Å²) in [5.41, 5.74) is 11.4. The number of para-hydroxylation sites is 4. The zero-order valence-corrected chi connectivity index (χ0v) is 33.9. The molecule has 0 saturated carbocycles.